The third kappa shape index (κ3) is 1.62. The fraction of sp³-hybridized carbons (Fsp3) is 0.357. The minimum atomic E-state index is -0.00806. The van der Waals surface area contributed by atoms with Crippen LogP contribution in [-0.2, 0) is 5.41 Å². The van der Waals surface area contributed by atoms with Gasteiger partial charge < -0.3 is 10.3 Å². The number of nitrogen functional groups attached to an aromatic ring is 1. The Morgan fingerprint density at radius 2 is 1.82 bits per heavy atom. The van der Waals surface area contributed by atoms with Crippen LogP contribution < -0.4 is 5.73 Å². The van der Waals surface area contributed by atoms with Gasteiger partial charge in [0, 0.05) is 6.07 Å². The van der Waals surface area contributed by atoms with Gasteiger partial charge in [0.05, 0.1) is 5.41 Å². The predicted octanol–water partition coefficient (Wildman–Crippen LogP) is 3.12. The third-order valence-electron chi connectivity index (χ3n) is 3.78. The molecule has 0 atom stereocenters. The van der Waals surface area contributed by atoms with Gasteiger partial charge in [0.1, 0.15) is 5.76 Å². The van der Waals surface area contributed by atoms with Gasteiger partial charge in [-0.2, -0.15) is 0 Å². The van der Waals surface area contributed by atoms with Gasteiger partial charge in [-0.25, -0.2) is 0 Å². The van der Waals surface area contributed by atoms with E-state index in [1.165, 1.54) is 18.4 Å². The first-order valence-corrected chi connectivity index (χ1v) is 6.09. The lowest BCUT2D eigenvalue weighted by Crippen LogP contribution is -2.22. The summed E-state index contributed by atoms with van der Waals surface area (Å²) in [6.45, 7) is 0. The molecule has 1 aromatic carbocycles. The zero-order chi connectivity index (χ0) is 11.7. The van der Waals surface area contributed by atoms with E-state index in [2.05, 4.69) is 29.4 Å². The summed E-state index contributed by atoms with van der Waals surface area (Å²) >= 11 is 0. The fourth-order valence-electron chi connectivity index (χ4n) is 2.93. The zero-order valence-electron chi connectivity index (χ0n) is 9.73. The number of nitrogens with zero attached hydrogens (tertiary/aromatic N) is 1. The highest BCUT2D eigenvalue weighted by Gasteiger charge is 2.40. The Kier molecular flexibility index (Phi) is 2.39. The van der Waals surface area contributed by atoms with Crippen molar-refractivity contribution in [2.24, 2.45) is 0 Å². The van der Waals surface area contributed by atoms with Crippen LogP contribution in [0, 0.1) is 0 Å². The topological polar surface area (TPSA) is 52.0 Å². The molecular formula is C14H16N2O. The van der Waals surface area contributed by atoms with Gasteiger partial charge in [-0.3, -0.25) is 0 Å². The van der Waals surface area contributed by atoms with Crippen molar-refractivity contribution in [3.05, 3.63) is 47.7 Å². The molecule has 0 amide bonds. The number of rotatable bonds is 2. The molecule has 0 radical (unpaired) electrons. The number of nitrogens with two attached hydrogens (primary N) is 1. The number of aromatic nitrogens is 1. The van der Waals surface area contributed by atoms with Gasteiger partial charge in [0.25, 0.3) is 0 Å². The van der Waals surface area contributed by atoms with Crippen molar-refractivity contribution in [2.45, 2.75) is 31.1 Å². The first-order chi connectivity index (χ1) is 8.31. The summed E-state index contributed by atoms with van der Waals surface area (Å²) in [4.78, 5) is 0. The Hall–Kier alpha value is -1.77. The van der Waals surface area contributed by atoms with Crippen LogP contribution in [0.3, 0.4) is 0 Å². The van der Waals surface area contributed by atoms with Crippen LogP contribution in [0.5, 0.6) is 0 Å². The molecule has 1 aliphatic carbocycles. The lowest BCUT2D eigenvalue weighted by molar-refractivity contribution is 0.321. The number of benzene rings is 1. The van der Waals surface area contributed by atoms with E-state index in [1.807, 2.05) is 12.1 Å². The maximum Gasteiger partial charge on any atom is 0.167 e. The van der Waals surface area contributed by atoms with E-state index in [0.717, 1.165) is 18.6 Å². The van der Waals surface area contributed by atoms with Crippen LogP contribution in [0.25, 0.3) is 0 Å². The molecule has 0 aliphatic heterocycles. The van der Waals surface area contributed by atoms with Crippen molar-refractivity contribution in [1.82, 2.24) is 5.16 Å². The van der Waals surface area contributed by atoms with Crippen LogP contribution in [-0.4, -0.2) is 5.16 Å². The van der Waals surface area contributed by atoms with E-state index in [-0.39, 0.29) is 5.41 Å². The van der Waals surface area contributed by atoms with Gasteiger partial charge in [0.2, 0.25) is 0 Å². The molecule has 3 nitrogen and oxygen atoms in total. The highest BCUT2D eigenvalue weighted by atomic mass is 16.5. The van der Waals surface area contributed by atoms with Crippen LogP contribution in [0.4, 0.5) is 5.82 Å². The molecule has 3 rings (SSSR count). The Morgan fingerprint density at radius 3 is 2.41 bits per heavy atom. The minimum absolute atomic E-state index is 0.00806. The van der Waals surface area contributed by atoms with E-state index in [1.54, 1.807) is 0 Å². The second-order valence-corrected chi connectivity index (χ2v) is 4.77. The number of hydrogen-bond donors (Lipinski definition) is 1. The minimum Gasteiger partial charge on any atom is -0.381 e. The Morgan fingerprint density at radius 1 is 1.12 bits per heavy atom. The van der Waals surface area contributed by atoms with Gasteiger partial charge in [-0.1, -0.05) is 48.3 Å². The molecule has 1 aromatic heterocycles. The van der Waals surface area contributed by atoms with Gasteiger partial charge >= 0.3 is 0 Å². The van der Waals surface area contributed by atoms with Crippen molar-refractivity contribution >= 4 is 5.82 Å². The molecule has 88 valence electrons. The molecule has 2 aromatic rings. The lowest BCUT2D eigenvalue weighted by Gasteiger charge is -2.26. The highest BCUT2D eigenvalue weighted by Crippen LogP contribution is 2.46. The predicted molar refractivity (Wildman–Crippen MR) is 66.6 cm³/mol. The standard InChI is InChI=1S/C14H16N2O/c15-13-10-12(17-16-13)14(8-4-5-9-14)11-6-2-1-3-7-11/h1-3,6-7,10H,4-5,8-9H2,(H2,15,16). The van der Waals surface area contributed by atoms with E-state index in [9.17, 15) is 0 Å². The summed E-state index contributed by atoms with van der Waals surface area (Å²) < 4.78 is 5.43. The van der Waals surface area contributed by atoms with Gasteiger partial charge in [-0.15, -0.1) is 0 Å². The first-order valence-electron chi connectivity index (χ1n) is 6.09. The van der Waals surface area contributed by atoms with Crippen molar-refractivity contribution < 1.29 is 4.52 Å². The smallest absolute Gasteiger partial charge is 0.167 e. The second-order valence-electron chi connectivity index (χ2n) is 4.77. The SMILES string of the molecule is Nc1cc(C2(c3ccccc3)CCCC2)on1. The molecule has 1 heterocycles. The van der Waals surface area contributed by atoms with Crippen molar-refractivity contribution in [2.75, 3.05) is 5.73 Å². The Bertz CT molecular complexity index is 498. The van der Waals surface area contributed by atoms with E-state index in [0.29, 0.717) is 5.82 Å². The van der Waals surface area contributed by atoms with Crippen LogP contribution in [0.15, 0.2) is 40.9 Å². The quantitative estimate of drug-likeness (QED) is 0.859. The summed E-state index contributed by atoms with van der Waals surface area (Å²) in [5.41, 5.74) is 6.98. The molecule has 0 unspecified atom stereocenters. The highest BCUT2D eigenvalue weighted by molar-refractivity contribution is 5.39. The lowest BCUT2D eigenvalue weighted by atomic mass is 9.77. The van der Waals surface area contributed by atoms with Crippen molar-refractivity contribution in [1.29, 1.82) is 0 Å². The molecule has 0 saturated heterocycles. The van der Waals surface area contributed by atoms with E-state index in [4.69, 9.17) is 10.3 Å². The molecule has 0 bridgehead atoms. The van der Waals surface area contributed by atoms with Crippen LogP contribution in [0.1, 0.15) is 37.0 Å². The number of anilines is 1. The summed E-state index contributed by atoms with van der Waals surface area (Å²) in [5.74, 6) is 1.39. The molecule has 1 fully saturated rings. The summed E-state index contributed by atoms with van der Waals surface area (Å²) in [5, 5.41) is 3.83. The average Bonchev–Trinajstić information content (AvgIpc) is 2.99. The number of hydrogen-bond acceptors (Lipinski definition) is 3. The van der Waals surface area contributed by atoms with Crippen molar-refractivity contribution in [3.63, 3.8) is 0 Å². The average molecular weight is 228 g/mol. The molecule has 2 N–H and O–H groups in total. The third-order valence-corrected chi connectivity index (χ3v) is 3.78. The van der Waals surface area contributed by atoms with E-state index >= 15 is 0 Å². The molecule has 17 heavy (non-hydrogen) atoms. The monoisotopic (exact) mass is 228 g/mol. The van der Waals surface area contributed by atoms with E-state index < -0.39 is 0 Å². The molecule has 0 spiro atoms. The van der Waals surface area contributed by atoms with Crippen LogP contribution in [0.2, 0.25) is 0 Å². The Balaban J connectivity index is 2.11. The summed E-state index contributed by atoms with van der Waals surface area (Å²) in [6, 6.07) is 12.4. The molecule has 1 aliphatic rings. The first kappa shape index (κ1) is 10.4. The summed E-state index contributed by atoms with van der Waals surface area (Å²) in [7, 11) is 0. The van der Waals surface area contributed by atoms with Gasteiger partial charge in [0.15, 0.2) is 5.82 Å². The zero-order valence-corrected chi connectivity index (χ0v) is 9.73. The molecular weight excluding hydrogens is 212 g/mol. The van der Waals surface area contributed by atoms with Crippen LogP contribution >= 0.6 is 0 Å². The maximum atomic E-state index is 5.68. The van der Waals surface area contributed by atoms with Crippen molar-refractivity contribution in [3.8, 4) is 0 Å². The fourth-order valence-corrected chi connectivity index (χ4v) is 2.93. The largest absolute Gasteiger partial charge is 0.381 e. The molecule has 1 saturated carbocycles. The molecule has 3 heteroatoms. The van der Waals surface area contributed by atoms with Gasteiger partial charge in [-0.05, 0) is 18.4 Å². The second kappa shape index (κ2) is 3.91. The summed E-state index contributed by atoms with van der Waals surface area (Å²) in [6.07, 6.45) is 4.70. The maximum absolute atomic E-state index is 5.68. The Labute approximate surface area is 101 Å². The normalized spacial score (nSPS) is 18.4.